The number of thioether (sulfide) groups is 1. The topological polar surface area (TPSA) is 68.1 Å². The first-order valence-electron chi connectivity index (χ1n) is 10.8. The molecule has 1 N–H and O–H groups in total. The highest BCUT2D eigenvalue weighted by Gasteiger charge is 2.33. The Kier molecular flexibility index (Phi) is 8.69. The van der Waals surface area contributed by atoms with Gasteiger partial charge in [0.15, 0.2) is 0 Å². The molecule has 178 valence electrons. The molecule has 0 bridgehead atoms. The third-order valence-corrected chi connectivity index (χ3v) is 7.16. The lowest BCUT2D eigenvalue weighted by Crippen LogP contribution is -2.12. The number of carbonyl (C=O) groups is 1. The number of benzene rings is 3. The first-order valence-corrected chi connectivity index (χ1v) is 13.4. The Balaban J connectivity index is 1.68. The number of hydrogen-bond acceptors (Lipinski definition) is 6. The summed E-state index contributed by atoms with van der Waals surface area (Å²) < 4.78 is 13.3. The van der Waals surface area contributed by atoms with Crippen LogP contribution in [0.25, 0.3) is 6.08 Å². The number of nitrogens with zero attached hydrogens (tertiary/aromatic N) is 1. The largest absolute Gasteiger partial charge is 0.506 e. The van der Waals surface area contributed by atoms with Gasteiger partial charge in [0.1, 0.15) is 28.7 Å². The van der Waals surface area contributed by atoms with Crippen LogP contribution in [0, 0.1) is 3.57 Å². The summed E-state index contributed by atoms with van der Waals surface area (Å²) in [6.07, 6.45) is 1.79. The first kappa shape index (κ1) is 25.5. The first-order chi connectivity index (χ1) is 16.9. The van der Waals surface area contributed by atoms with Crippen LogP contribution < -0.4 is 4.74 Å². The van der Waals surface area contributed by atoms with Gasteiger partial charge in [-0.3, -0.25) is 0 Å². The Bertz CT molecular complexity index is 1320. The number of aliphatic hydroxyl groups is 1. The Morgan fingerprint density at radius 2 is 1.86 bits per heavy atom. The molecule has 3 aromatic carbocycles. The van der Waals surface area contributed by atoms with E-state index in [9.17, 15) is 9.90 Å². The summed E-state index contributed by atoms with van der Waals surface area (Å²) in [7, 11) is 0. The van der Waals surface area contributed by atoms with Crippen LogP contribution in [0.4, 0.5) is 5.69 Å². The number of aliphatic imine (C=N–C) groups is 1. The number of esters is 1. The van der Waals surface area contributed by atoms with Crippen molar-refractivity contribution in [2.24, 2.45) is 4.99 Å². The minimum absolute atomic E-state index is 0.0586. The van der Waals surface area contributed by atoms with E-state index in [0.29, 0.717) is 28.0 Å². The van der Waals surface area contributed by atoms with E-state index < -0.39 is 5.97 Å². The predicted octanol–water partition coefficient (Wildman–Crippen LogP) is 7.83. The highest BCUT2D eigenvalue weighted by molar-refractivity contribution is 14.1. The summed E-state index contributed by atoms with van der Waals surface area (Å²) in [5, 5.41) is 11.4. The predicted molar refractivity (Wildman–Crippen MR) is 153 cm³/mol. The molecule has 0 amide bonds. The molecule has 0 atom stereocenters. The van der Waals surface area contributed by atoms with E-state index in [-0.39, 0.29) is 17.9 Å². The van der Waals surface area contributed by atoms with Gasteiger partial charge in [-0.05, 0) is 83.6 Å². The molecule has 35 heavy (non-hydrogen) atoms. The maximum absolute atomic E-state index is 12.7. The summed E-state index contributed by atoms with van der Waals surface area (Å²) in [6, 6.07) is 23.1. The second-order valence-corrected chi connectivity index (χ2v) is 10.6. The van der Waals surface area contributed by atoms with Crippen LogP contribution in [0.5, 0.6) is 5.75 Å². The van der Waals surface area contributed by atoms with Gasteiger partial charge in [-0.25, -0.2) is 9.79 Å². The zero-order chi connectivity index (χ0) is 24.8. The molecule has 1 aliphatic rings. The summed E-state index contributed by atoms with van der Waals surface area (Å²) in [4.78, 5) is 17.7. The molecule has 0 saturated carbocycles. The van der Waals surface area contributed by atoms with Crippen LogP contribution in [0.3, 0.4) is 0 Å². The number of para-hydroxylation sites is 1. The van der Waals surface area contributed by atoms with Crippen LogP contribution in [0.15, 0.2) is 98.5 Å². The standard InChI is InChI=1S/C27H21BrINO4S/c1-2-33-27(32)24-25(31)23(35-26(24)30-21-6-4-3-5-7-21)15-18-14-19(28)10-13-22(18)34-16-17-8-11-20(29)12-9-17/h3-15,31H,2,16H2,1H3/b23-15-,30-26?. The number of halogens is 2. The molecule has 0 radical (unpaired) electrons. The summed E-state index contributed by atoms with van der Waals surface area (Å²) in [5.41, 5.74) is 2.54. The molecule has 8 heteroatoms. The number of rotatable bonds is 7. The van der Waals surface area contributed by atoms with Gasteiger partial charge in [0, 0.05) is 13.6 Å². The van der Waals surface area contributed by atoms with Crippen molar-refractivity contribution >= 4 is 73.1 Å². The van der Waals surface area contributed by atoms with Crippen LogP contribution in [-0.2, 0) is 16.1 Å². The Hall–Kier alpha value is -2.56. The summed E-state index contributed by atoms with van der Waals surface area (Å²) >= 11 is 7.00. The van der Waals surface area contributed by atoms with Crippen molar-refractivity contribution in [2.45, 2.75) is 13.5 Å². The van der Waals surface area contributed by atoms with E-state index >= 15 is 0 Å². The van der Waals surface area contributed by atoms with E-state index in [1.165, 1.54) is 11.8 Å². The van der Waals surface area contributed by atoms with Gasteiger partial charge in [0.05, 0.1) is 17.2 Å². The van der Waals surface area contributed by atoms with Crippen molar-refractivity contribution in [1.82, 2.24) is 0 Å². The van der Waals surface area contributed by atoms with Crippen molar-refractivity contribution in [3.05, 3.63) is 108 Å². The van der Waals surface area contributed by atoms with Crippen LogP contribution in [-0.4, -0.2) is 22.7 Å². The Morgan fingerprint density at radius 3 is 2.57 bits per heavy atom. The summed E-state index contributed by atoms with van der Waals surface area (Å²) in [5.74, 6) is -0.120. The molecule has 5 nitrogen and oxygen atoms in total. The lowest BCUT2D eigenvalue weighted by molar-refractivity contribution is -0.138. The quantitative estimate of drug-likeness (QED) is 0.207. The Morgan fingerprint density at radius 1 is 1.11 bits per heavy atom. The van der Waals surface area contributed by atoms with Gasteiger partial charge in [0.25, 0.3) is 0 Å². The van der Waals surface area contributed by atoms with E-state index in [4.69, 9.17) is 9.47 Å². The van der Waals surface area contributed by atoms with Crippen molar-refractivity contribution in [1.29, 1.82) is 0 Å². The summed E-state index contributed by atoms with van der Waals surface area (Å²) in [6.45, 7) is 2.32. The molecular weight excluding hydrogens is 641 g/mol. The lowest BCUT2D eigenvalue weighted by Gasteiger charge is -2.11. The fraction of sp³-hybridized carbons (Fsp3) is 0.111. The minimum Gasteiger partial charge on any atom is -0.506 e. The van der Waals surface area contributed by atoms with Gasteiger partial charge in [-0.15, -0.1) is 0 Å². The lowest BCUT2D eigenvalue weighted by atomic mass is 10.1. The van der Waals surface area contributed by atoms with Gasteiger partial charge >= 0.3 is 5.97 Å². The second kappa shape index (κ2) is 11.9. The fourth-order valence-electron chi connectivity index (χ4n) is 3.26. The molecular formula is C27H21BrINO4S. The molecule has 3 aromatic rings. The normalized spacial score (nSPS) is 15.6. The van der Waals surface area contributed by atoms with Crippen molar-refractivity contribution in [3.8, 4) is 5.75 Å². The Labute approximate surface area is 230 Å². The van der Waals surface area contributed by atoms with E-state index in [1.54, 1.807) is 13.0 Å². The van der Waals surface area contributed by atoms with Crippen molar-refractivity contribution < 1.29 is 19.4 Å². The third kappa shape index (κ3) is 6.56. The molecule has 1 aliphatic heterocycles. The van der Waals surface area contributed by atoms with Crippen LogP contribution >= 0.6 is 50.3 Å². The highest BCUT2D eigenvalue weighted by Crippen LogP contribution is 2.41. The average Bonchev–Trinajstić information content (AvgIpc) is 3.14. The van der Waals surface area contributed by atoms with E-state index in [2.05, 4.69) is 43.5 Å². The highest BCUT2D eigenvalue weighted by atomic mass is 127. The van der Waals surface area contributed by atoms with Gasteiger partial charge < -0.3 is 14.6 Å². The average molecular weight is 662 g/mol. The second-order valence-electron chi connectivity index (χ2n) is 7.40. The maximum atomic E-state index is 12.7. The van der Waals surface area contributed by atoms with E-state index in [0.717, 1.165) is 19.2 Å². The maximum Gasteiger partial charge on any atom is 0.344 e. The van der Waals surface area contributed by atoms with Crippen molar-refractivity contribution in [2.75, 3.05) is 6.61 Å². The van der Waals surface area contributed by atoms with Crippen LogP contribution in [0.2, 0.25) is 0 Å². The molecule has 0 aromatic heterocycles. The monoisotopic (exact) mass is 661 g/mol. The van der Waals surface area contributed by atoms with Crippen molar-refractivity contribution in [3.63, 3.8) is 0 Å². The number of carbonyl (C=O) groups excluding carboxylic acids is 1. The molecule has 0 saturated heterocycles. The number of hydrogen-bond donors (Lipinski definition) is 1. The fourth-order valence-corrected chi connectivity index (χ4v) is 5.02. The van der Waals surface area contributed by atoms with Gasteiger partial charge in [0.2, 0.25) is 0 Å². The molecule has 0 fully saturated rings. The van der Waals surface area contributed by atoms with Gasteiger partial charge in [-0.1, -0.05) is 58.0 Å². The molecule has 0 spiro atoms. The van der Waals surface area contributed by atoms with E-state index in [1.807, 2.05) is 72.8 Å². The molecule has 0 aliphatic carbocycles. The number of ether oxygens (including phenoxy) is 2. The van der Waals surface area contributed by atoms with Crippen LogP contribution in [0.1, 0.15) is 18.1 Å². The number of aliphatic hydroxyl groups excluding tert-OH is 1. The third-order valence-electron chi connectivity index (χ3n) is 4.92. The SMILES string of the molecule is CCOC(=O)C1=C(O)/C(=C/c2cc(Br)ccc2OCc2ccc(I)cc2)SC1=Nc1ccccc1. The molecule has 1 heterocycles. The molecule has 4 rings (SSSR count). The van der Waals surface area contributed by atoms with Gasteiger partial charge in [-0.2, -0.15) is 0 Å². The molecule has 0 unspecified atom stereocenters. The minimum atomic E-state index is -0.611. The zero-order valence-electron chi connectivity index (χ0n) is 18.7. The zero-order valence-corrected chi connectivity index (χ0v) is 23.3. The smallest absolute Gasteiger partial charge is 0.344 e.